The van der Waals surface area contributed by atoms with E-state index in [0.29, 0.717) is 12.0 Å². The van der Waals surface area contributed by atoms with Gasteiger partial charge in [0.25, 0.3) is 5.69 Å². The SMILES string of the molecule is CC.CCc1cc([N+](=O)[O-])c(C(C)COC(C)=O)cc1Sc1ccccc1. The Labute approximate surface area is 165 Å². The summed E-state index contributed by atoms with van der Waals surface area (Å²) in [6.45, 7) is 9.26. The first-order valence-electron chi connectivity index (χ1n) is 9.09. The third-order valence-corrected chi connectivity index (χ3v) is 4.93. The van der Waals surface area contributed by atoms with E-state index in [9.17, 15) is 14.9 Å². The van der Waals surface area contributed by atoms with Gasteiger partial charge in [-0.3, -0.25) is 14.9 Å². The van der Waals surface area contributed by atoms with Gasteiger partial charge in [-0.15, -0.1) is 0 Å². The zero-order valence-corrected chi connectivity index (χ0v) is 17.3. The van der Waals surface area contributed by atoms with E-state index in [-0.39, 0.29) is 23.1 Å². The van der Waals surface area contributed by atoms with Crippen LogP contribution in [0, 0.1) is 10.1 Å². The van der Waals surface area contributed by atoms with Gasteiger partial charge in [0.15, 0.2) is 0 Å². The second-order valence-electron chi connectivity index (χ2n) is 5.75. The van der Waals surface area contributed by atoms with Crippen LogP contribution in [0.4, 0.5) is 5.69 Å². The lowest BCUT2D eigenvalue weighted by atomic mass is 9.97. The number of nitro benzene ring substituents is 1. The maximum absolute atomic E-state index is 11.5. The molecule has 5 nitrogen and oxygen atoms in total. The molecule has 0 saturated heterocycles. The molecule has 0 heterocycles. The second kappa shape index (κ2) is 11.4. The maximum Gasteiger partial charge on any atom is 0.302 e. The van der Waals surface area contributed by atoms with Crippen molar-refractivity contribution in [3.63, 3.8) is 0 Å². The highest BCUT2D eigenvalue weighted by Crippen LogP contribution is 2.37. The van der Waals surface area contributed by atoms with Gasteiger partial charge in [-0.1, -0.05) is 57.7 Å². The fraction of sp³-hybridized carbons (Fsp3) is 0.381. The molecule has 0 aromatic heterocycles. The first-order valence-corrected chi connectivity index (χ1v) is 9.91. The average Bonchev–Trinajstić information content (AvgIpc) is 2.68. The van der Waals surface area contributed by atoms with Crippen molar-refractivity contribution in [3.8, 4) is 0 Å². The second-order valence-corrected chi connectivity index (χ2v) is 6.86. The zero-order chi connectivity index (χ0) is 20.4. The monoisotopic (exact) mass is 389 g/mol. The molecule has 0 aliphatic carbocycles. The van der Waals surface area contributed by atoms with E-state index in [4.69, 9.17) is 4.74 Å². The van der Waals surface area contributed by atoms with Crippen molar-refractivity contribution in [2.45, 2.75) is 56.7 Å². The summed E-state index contributed by atoms with van der Waals surface area (Å²) >= 11 is 1.58. The molecule has 0 aliphatic rings. The Hall–Kier alpha value is -2.34. The highest BCUT2D eigenvalue weighted by atomic mass is 32.2. The first-order chi connectivity index (χ1) is 12.9. The van der Waals surface area contributed by atoms with Crippen LogP contribution in [0.1, 0.15) is 51.7 Å². The summed E-state index contributed by atoms with van der Waals surface area (Å²) in [5.41, 5.74) is 1.60. The van der Waals surface area contributed by atoms with Crippen LogP contribution in [-0.4, -0.2) is 17.5 Å². The van der Waals surface area contributed by atoms with E-state index in [1.54, 1.807) is 17.8 Å². The molecule has 1 unspecified atom stereocenters. The van der Waals surface area contributed by atoms with Crippen LogP contribution < -0.4 is 0 Å². The minimum Gasteiger partial charge on any atom is -0.465 e. The van der Waals surface area contributed by atoms with Crippen molar-refractivity contribution in [2.75, 3.05) is 6.61 Å². The van der Waals surface area contributed by atoms with Gasteiger partial charge in [-0.25, -0.2) is 0 Å². The Balaban J connectivity index is 0.00000176. The highest BCUT2D eigenvalue weighted by Gasteiger charge is 2.23. The van der Waals surface area contributed by atoms with E-state index in [1.807, 2.05) is 64.1 Å². The summed E-state index contributed by atoms with van der Waals surface area (Å²) in [6.07, 6.45) is 0.703. The van der Waals surface area contributed by atoms with E-state index >= 15 is 0 Å². The summed E-state index contributed by atoms with van der Waals surface area (Å²) in [4.78, 5) is 24.2. The Morgan fingerprint density at radius 1 is 1.22 bits per heavy atom. The molecule has 0 radical (unpaired) electrons. The quantitative estimate of drug-likeness (QED) is 0.330. The lowest BCUT2D eigenvalue weighted by Crippen LogP contribution is -2.10. The molecule has 0 saturated carbocycles. The molecule has 0 spiro atoms. The summed E-state index contributed by atoms with van der Waals surface area (Å²) in [5.74, 6) is -0.649. The number of hydrogen-bond acceptors (Lipinski definition) is 5. The molecule has 2 rings (SSSR count). The van der Waals surface area contributed by atoms with Crippen molar-refractivity contribution in [1.82, 2.24) is 0 Å². The number of ether oxygens (including phenoxy) is 1. The van der Waals surface area contributed by atoms with Crippen LogP contribution in [0.15, 0.2) is 52.3 Å². The molecule has 0 N–H and O–H groups in total. The van der Waals surface area contributed by atoms with Crippen molar-refractivity contribution < 1.29 is 14.5 Å². The summed E-state index contributed by atoms with van der Waals surface area (Å²) in [7, 11) is 0. The van der Waals surface area contributed by atoms with Crippen molar-refractivity contribution >= 4 is 23.4 Å². The molecule has 0 fully saturated rings. The molecule has 0 bridgehead atoms. The lowest BCUT2D eigenvalue weighted by Gasteiger charge is -2.16. The molecule has 6 heteroatoms. The predicted molar refractivity (Wildman–Crippen MR) is 109 cm³/mol. The van der Waals surface area contributed by atoms with Crippen LogP contribution in [0.25, 0.3) is 0 Å². The Morgan fingerprint density at radius 2 is 1.85 bits per heavy atom. The number of nitrogens with zero attached hydrogens (tertiary/aromatic N) is 1. The predicted octanol–water partition coefficient (Wildman–Crippen LogP) is 6.00. The van der Waals surface area contributed by atoms with Gasteiger partial charge in [0.2, 0.25) is 0 Å². The summed E-state index contributed by atoms with van der Waals surface area (Å²) < 4.78 is 5.04. The number of aryl methyl sites for hydroxylation is 1. The third-order valence-electron chi connectivity index (χ3n) is 3.83. The topological polar surface area (TPSA) is 69.4 Å². The normalized spacial score (nSPS) is 11.1. The van der Waals surface area contributed by atoms with Crippen molar-refractivity contribution in [2.24, 2.45) is 0 Å². The van der Waals surface area contributed by atoms with Crippen LogP contribution >= 0.6 is 11.8 Å². The van der Waals surface area contributed by atoms with E-state index in [1.165, 1.54) is 6.92 Å². The Morgan fingerprint density at radius 3 is 2.37 bits per heavy atom. The number of esters is 1. The van der Waals surface area contributed by atoms with Gasteiger partial charge in [0.1, 0.15) is 0 Å². The average molecular weight is 390 g/mol. The smallest absolute Gasteiger partial charge is 0.302 e. The van der Waals surface area contributed by atoms with Crippen LogP contribution in [0.5, 0.6) is 0 Å². The van der Waals surface area contributed by atoms with Crippen LogP contribution in [0.2, 0.25) is 0 Å². The standard InChI is InChI=1S/C19H21NO4S.C2H6/c1-4-15-10-18(20(22)23)17(13(2)12-24-14(3)21)11-19(15)25-16-8-6-5-7-9-16;1-2/h5-11,13H,4,12H2,1-3H3;1-2H3. The number of benzene rings is 2. The maximum atomic E-state index is 11.5. The van der Waals surface area contributed by atoms with E-state index in [0.717, 1.165) is 15.4 Å². The molecular weight excluding hydrogens is 362 g/mol. The van der Waals surface area contributed by atoms with Gasteiger partial charge in [-0.05, 0) is 30.2 Å². The molecule has 0 amide bonds. The lowest BCUT2D eigenvalue weighted by molar-refractivity contribution is -0.385. The summed E-state index contributed by atoms with van der Waals surface area (Å²) in [5, 5.41) is 11.5. The first kappa shape index (κ1) is 22.7. The van der Waals surface area contributed by atoms with Gasteiger partial charge in [0.05, 0.1) is 11.5 Å². The minimum absolute atomic E-state index is 0.0777. The van der Waals surface area contributed by atoms with Gasteiger partial charge in [-0.2, -0.15) is 0 Å². The molecule has 0 aliphatic heterocycles. The Bertz CT molecular complexity index is 762. The number of carbonyl (C=O) groups excluding carboxylic acids is 1. The number of hydrogen-bond donors (Lipinski definition) is 0. The fourth-order valence-corrected chi connectivity index (χ4v) is 3.57. The highest BCUT2D eigenvalue weighted by molar-refractivity contribution is 7.99. The van der Waals surface area contributed by atoms with E-state index in [2.05, 4.69) is 0 Å². The Kier molecular flexibility index (Phi) is 9.58. The van der Waals surface area contributed by atoms with E-state index < -0.39 is 5.97 Å². The van der Waals surface area contributed by atoms with Gasteiger partial charge < -0.3 is 4.74 Å². The van der Waals surface area contributed by atoms with Crippen molar-refractivity contribution in [3.05, 3.63) is 63.7 Å². The number of nitro groups is 1. The fourth-order valence-electron chi connectivity index (χ4n) is 2.50. The molecule has 1 atom stereocenters. The largest absolute Gasteiger partial charge is 0.465 e. The molecule has 2 aromatic rings. The molecule has 146 valence electrons. The number of rotatable bonds is 7. The van der Waals surface area contributed by atoms with Gasteiger partial charge >= 0.3 is 5.97 Å². The molecule has 2 aromatic carbocycles. The third kappa shape index (κ3) is 6.71. The number of carbonyl (C=O) groups is 1. The summed E-state index contributed by atoms with van der Waals surface area (Å²) in [6, 6.07) is 13.4. The zero-order valence-electron chi connectivity index (χ0n) is 16.5. The van der Waals surface area contributed by atoms with Crippen LogP contribution in [0.3, 0.4) is 0 Å². The molecule has 27 heavy (non-hydrogen) atoms. The van der Waals surface area contributed by atoms with Gasteiger partial charge in [0, 0.05) is 34.3 Å². The molecular formula is C21H27NO4S. The van der Waals surface area contributed by atoms with Crippen LogP contribution in [-0.2, 0) is 16.0 Å². The minimum atomic E-state index is -0.390. The van der Waals surface area contributed by atoms with Crippen molar-refractivity contribution in [1.29, 1.82) is 0 Å².